The molecular weight excluding hydrogens is 354 g/mol. The van der Waals surface area contributed by atoms with Crippen molar-refractivity contribution in [3.05, 3.63) is 48.2 Å². The van der Waals surface area contributed by atoms with Gasteiger partial charge in [0.15, 0.2) is 0 Å². The number of rotatable bonds is 5. The Morgan fingerprint density at radius 3 is 2.50 bits per heavy atom. The van der Waals surface area contributed by atoms with Crippen molar-refractivity contribution in [2.45, 2.75) is 25.7 Å². The molecule has 1 saturated carbocycles. The van der Waals surface area contributed by atoms with Gasteiger partial charge in [-0.05, 0) is 37.2 Å². The van der Waals surface area contributed by atoms with Crippen LogP contribution < -0.4 is 10.1 Å². The van der Waals surface area contributed by atoms with Crippen molar-refractivity contribution in [1.29, 1.82) is 0 Å². The fourth-order valence-electron chi connectivity index (χ4n) is 3.81. The van der Waals surface area contributed by atoms with Crippen molar-refractivity contribution in [2.24, 2.45) is 5.41 Å². The predicted octanol–water partition coefficient (Wildman–Crippen LogP) is 2.89. The summed E-state index contributed by atoms with van der Waals surface area (Å²) in [7, 11) is 1.55. The Labute approximate surface area is 164 Å². The van der Waals surface area contributed by atoms with Crippen LogP contribution in [0.5, 0.6) is 5.75 Å². The van der Waals surface area contributed by atoms with Gasteiger partial charge in [0.05, 0.1) is 19.2 Å². The maximum absolute atomic E-state index is 12.5. The van der Waals surface area contributed by atoms with Crippen molar-refractivity contribution in [2.75, 3.05) is 26.7 Å². The minimum absolute atomic E-state index is 0.00852. The van der Waals surface area contributed by atoms with Crippen LogP contribution >= 0.6 is 0 Å². The lowest BCUT2D eigenvalue weighted by Crippen LogP contribution is -2.44. The smallest absolute Gasteiger partial charge is 0.253 e. The van der Waals surface area contributed by atoms with E-state index in [-0.39, 0.29) is 18.4 Å². The number of aromatic nitrogens is 1. The summed E-state index contributed by atoms with van der Waals surface area (Å²) in [6.45, 7) is 1.61. The first-order valence-corrected chi connectivity index (χ1v) is 9.76. The molecule has 1 aliphatic carbocycles. The van der Waals surface area contributed by atoms with Gasteiger partial charge in [-0.1, -0.05) is 30.3 Å². The van der Waals surface area contributed by atoms with Crippen LogP contribution in [0, 0.1) is 5.41 Å². The van der Waals surface area contributed by atoms with Crippen LogP contribution in [-0.2, 0) is 4.79 Å². The fourth-order valence-corrected chi connectivity index (χ4v) is 3.81. The molecule has 0 atom stereocenters. The monoisotopic (exact) mass is 379 g/mol. The van der Waals surface area contributed by atoms with Crippen molar-refractivity contribution < 1.29 is 14.3 Å². The van der Waals surface area contributed by atoms with E-state index in [0.717, 1.165) is 31.5 Å². The number of ether oxygens (including phenoxy) is 1. The minimum Gasteiger partial charge on any atom is -0.494 e. The summed E-state index contributed by atoms with van der Waals surface area (Å²) in [4.78, 5) is 31.1. The average molecular weight is 379 g/mol. The predicted molar refractivity (Wildman–Crippen MR) is 106 cm³/mol. The first kappa shape index (κ1) is 18.5. The van der Waals surface area contributed by atoms with Crippen LogP contribution in [-0.4, -0.2) is 48.4 Å². The second kappa shape index (κ2) is 7.62. The summed E-state index contributed by atoms with van der Waals surface area (Å²) in [5.41, 5.74) is 2.50. The SMILES string of the molecule is COc1cc(C(=O)NCC(=O)N2CCC3(CC2)CC3)cnc1-c1ccccc1. The molecule has 4 rings (SSSR count). The Morgan fingerprint density at radius 1 is 1.14 bits per heavy atom. The molecule has 0 bridgehead atoms. The van der Waals surface area contributed by atoms with Gasteiger partial charge in [-0.2, -0.15) is 0 Å². The number of pyridine rings is 1. The van der Waals surface area contributed by atoms with Crippen molar-refractivity contribution >= 4 is 11.8 Å². The first-order chi connectivity index (χ1) is 13.6. The summed E-state index contributed by atoms with van der Waals surface area (Å²) >= 11 is 0. The molecule has 1 spiro atoms. The van der Waals surface area contributed by atoms with E-state index in [1.165, 1.54) is 19.0 Å². The van der Waals surface area contributed by atoms with Crippen LogP contribution in [0.3, 0.4) is 0 Å². The first-order valence-electron chi connectivity index (χ1n) is 9.76. The van der Waals surface area contributed by atoms with Gasteiger partial charge >= 0.3 is 0 Å². The number of amides is 2. The number of piperidine rings is 1. The molecule has 2 amide bonds. The largest absolute Gasteiger partial charge is 0.494 e. The van der Waals surface area contributed by atoms with Gasteiger partial charge in [-0.3, -0.25) is 14.6 Å². The number of hydrogen-bond donors (Lipinski definition) is 1. The third kappa shape index (κ3) is 3.86. The van der Waals surface area contributed by atoms with Crippen LogP contribution in [0.4, 0.5) is 0 Å². The summed E-state index contributed by atoms with van der Waals surface area (Å²) < 4.78 is 5.42. The van der Waals surface area contributed by atoms with Gasteiger partial charge < -0.3 is 15.0 Å². The van der Waals surface area contributed by atoms with E-state index >= 15 is 0 Å². The van der Waals surface area contributed by atoms with Crippen molar-refractivity contribution in [1.82, 2.24) is 15.2 Å². The number of hydrogen-bond acceptors (Lipinski definition) is 4. The molecule has 28 heavy (non-hydrogen) atoms. The van der Waals surface area contributed by atoms with Crippen LogP contribution in [0.1, 0.15) is 36.0 Å². The molecule has 1 aromatic carbocycles. The Bertz CT molecular complexity index is 868. The van der Waals surface area contributed by atoms with E-state index in [9.17, 15) is 9.59 Å². The van der Waals surface area contributed by atoms with Gasteiger partial charge in [0, 0.05) is 24.8 Å². The molecule has 1 N–H and O–H groups in total. The lowest BCUT2D eigenvalue weighted by atomic mass is 9.94. The molecule has 2 aliphatic rings. The van der Waals surface area contributed by atoms with E-state index < -0.39 is 0 Å². The summed E-state index contributed by atoms with van der Waals surface area (Å²) in [5.74, 6) is 0.176. The van der Waals surface area contributed by atoms with Crippen LogP contribution in [0.15, 0.2) is 42.6 Å². The number of carbonyl (C=O) groups excluding carboxylic acids is 2. The van der Waals surface area contributed by atoms with Gasteiger partial charge in [-0.15, -0.1) is 0 Å². The van der Waals surface area contributed by atoms with Crippen LogP contribution in [0.25, 0.3) is 11.3 Å². The number of carbonyl (C=O) groups is 2. The number of nitrogens with one attached hydrogen (secondary N) is 1. The lowest BCUT2D eigenvalue weighted by molar-refractivity contribution is -0.131. The lowest BCUT2D eigenvalue weighted by Gasteiger charge is -2.32. The highest BCUT2D eigenvalue weighted by Gasteiger charge is 2.44. The Hall–Kier alpha value is -2.89. The number of nitrogens with zero attached hydrogens (tertiary/aromatic N) is 2. The molecule has 2 aromatic rings. The maximum Gasteiger partial charge on any atom is 0.253 e. The quantitative estimate of drug-likeness (QED) is 0.867. The summed E-state index contributed by atoms with van der Waals surface area (Å²) in [6, 6.07) is 11.3. The van der Waals surface area contributed by atoms with Crippen LogP contribution in [0.2, 0.25) is 0 Å². The van der Waals surface area contributed by atoms with Gasteiger partial charge in [0.2, 0.25) is 5.91 Å². The molecular formula is C22H25N3O3. The molecule has 0 unspecified atom stereocenters. The maximum atomic E-state index is 12.5. The second-order valence-corrected chi connectivity index (χ2v) is 7.70. The zero-order valence-electron chi connectivity index (χ0n) is 16.1. The second-order valence-electron chi connectivity index (χ2n) is 7.70. The molecule has 1 aliphatic heterocycles. The summed E-state index contributed by atoms with van der Waals surface area (Å²) in [5, 5.41) is 2.72. The third-order valence-corrected chi connectivity index (χ3v) is 5.92. The molecule has 146 valence electrons. The number of methoxy groups -OCH3 is 1. The van der Waals surface area contributed by atoms with E-state index in [1.54, 1.807) is 13.2 Å². The van der Waals surface area contributed by atoms with E-state index in [2.05, 4.69) is 10.3 Å². The molecule has 2 fully saturated rings. The molecule has 6 heteroatoms. The van der Waals surface area contributed by atoms with E-state index in [0.29, 0.717) is 22.4 Å². The standard InChI is InChI=1S/C22H25N3O3/c1-28-18-13-17(14-23-20(18)16-5-3-2-4-6-16)21(27)24-15-19(26)25-11-9-22(7-8-22)10-12-25/h2-6,13-14H,7-12,15H2,1H3,(H,24,27). The van der Waals surface area contributed by atoms with Crippen molar-refractivity contribution in [3.8, 4) is 17.0 Å². The molecule has 2 heterocycles. The zero-order chi connectivity index (χ0) is 19.6. The van der Waals surface area contributed by atoms with Gasteiger partial charge in [0.1, 0.15) is 11.4 Å². The average Bonchev–Trinajstić information content (AvgIpc) is 3.51. The number of benzene rings is 1. The van der Waals surface area contributed by atoms with Gasteiger partial charge in [0.25, 0.3) is 5.91 Å². The van der Waals surface area contributed by atoms with Crippen molar-refractivity contribution in [3.63, 3.8) is 0 Å². The normalized spacial score (nSPS) is 17.2. The summed E-state index contributed by atoms with van der Waals surface area (Å²) in [6.07, 6.45) is 6.31. The van der Waals surface area contributed by atoms with E-state index in [1.807, 2.05) is 35.2 Å². The fraction of sp³-hybridized carbons (Fsp3) is 0.409. The Balaban J connectivity index is 1.37. The van der Waals surface area contributed by atoms with E-state index in [4.69, 9.17) is 4.74 Å². The highest BCUT2D eigenvalue weighted by molar-refractivity contribution is 5.97. The third-order valence-electron chi connectivity index (χ3n) is 5.92. The van der Waals surface area contributed by atoms with Gasteiger partial charge in [-0.25, -0.2) is 0 Å². The minimum atomic E-state index is -0.325. The molecule has 1 saturated heterocycles. The zero-order valence-corrected chi connectivity index (χ0v) is 16.1. The highest BCUT2D eigenvalue weighted by atomic mass is 16.5. The molecule has 1 aromatic heterocycles. The molecule has 0 radical (unpaired) electrons. The highest BCUT2D eigenvalue weighted by Crippen LogP contribution is 2.53. The Kier molecular flexibility index (Phi) is 5.03. The Morgan fingerprint density at radius 2 is 1.86 bits per heavy atom. The topological polar surface area (TPSA) is 71.5 Å². The molecule has 6 nitrogen and oxygen atoms in total. The number of likely N-dealkylation sites (tertiary alicyclic amines) is 1.